The molecule has 2 aromatic rings. The predicted octanol–water partition coefficient (Wildman–Crippen LogP) is 4.46. The number of fused-ring (bicyclic) bond motifs is 1. The van der Waals surface area contributed by atoms with Crippen molar-refractivity contribution in [3.8, 4) is 0 Å². The highest BCUT2D eigenvalue weighted by Crippen LogP contribution is 2.56. The maximum absolute atomic E-state index is 13.4. The minimum absolute atomic E-state index is 0.0229. The molecule has 3 amide bonds. The number of urea groups is 1. The van der Waals surface area contributed by atoms with E-state index in [0.29, 0.717) is 12.2 Å². The second-order valence-electron chi connectivity index (χ2n) is 11.6. The van der Waals surface area contributed by atoms with Crippen molar-refractivity contribution in [3.05, 3.63) is 47.2 Å². The highest BCUT2D eigenvalue weighted by molar-refractivity contribution is 6.83. The number of amides is 3. The quantitative estimate of drug-likeness (QED) is 0.389. The summed E-state index contributed by atoms with van der Waals surface area (Å²) in [6, 6.07) is 8.13. The highest BCUT2D eigenvalue weighted by atomic mass is 28.3. The molecule has 0 saturated heterocycles. The van der Waals surface area contributed by atoms with Crippen LogP contribution in [0.15, 0.2) is 30.3 Å². The van der Waals surface area contributed by atoms with E-state index in [1.54, 1.807) is 4.90 Å². The Morgan fingerprint density at radius 2 is 1.83 bits per heavy atom. The summed E-state index contributed by atoms with van der Waals surface area (Å²) in [5, 5.41) is 22.6. The van der Waals surface area contributed by atoms with Gasteiger partial charge >= 0.3 is 12.0 Å². The van der Waals surface area contributed by atoms with E-state index in [4.69, 9.17) is 0 Å². The Bertz CT molecular complexity index is 1150. The lowest BCUT2D eigenvalue weighted by molar-refractivity contribution is -0.139. The standard InChI is InChI=1S/C26H37N5O4Si/c1-25(2)20-18(21(30-29-20)28-23(34)26(14-9-15-26)36(3,4)5)16-31(25)24(35)27-19(22(32)33)13-12-17-10-7-6-8-11-17/h6-8,10-11,19H,9,12-16H2,1-5H3,(H,27,35)(H,32,33)(H2,28,29,30,34). The van der Waals surface area contributed by atoms with Crippen LogP contribution in [0.4, 0.5) is 10.6 Å². The van der Waals surface area contributed by atoms with E-state index < -0.39 is 31.7 Å². The van der Waals surface area contributed by atoms with Crippen molar-refractivity contribution >= 4 is 31.8 Å². The first-order valence-electron chi connectivity index (χ1n) is 12.6. The molecule has 4 rings (SSSR count). The topological polar surface area (TPSA) is 127 Å². The molecule has 0 spiro atoms. The molecule has 1 fully saturated rings. The smallest absolute Gasteiger partial charge is 0.326 e. The number of hydrogen-bond donors (Lipinski definition) is 4. The number of benzene rings is 1. The molecule has 36 heavy (non-hydrogen) atoms. The fourth-order valence-corrected chi connectivity index (χ4v) is 8.06. The van der Waals surface area contributed by atoms with E-state index in [-0.39, 0.29) is 23.9 Å². The number of nitrogens with one attached hydrogen (secondary N) is 3. The molecule has 9 nitrogen and oxygen atoms in total. The van der Waals surface area contributed by atoms with Crippen molar-refractivity contribution in [1.82, 2.24) is 20.4 Å². The van der Waals surface area contributed by atoms with Crippen LogP contribution in [0.1, 0.15) is 56.4 Å². The summed E-state index contributed by atoms with van der Waals surface area (Å²) in [7, 11) is -1.75. The van der Waals surface area contributed by atoms with Crippen LogP contribution in [0.5, 0.6) is 0 Å². The average Bonchev–Trinajstić information content (AvgIpc) is 3.27. The Morgan fingerprint density at radius 1 is 1.17 bits per heavy atom. The van der Waals surface area contributed by atoms with Crippen molar-refractivity contribution in [3.63, 3.8) is 0 Å². The molecule has 1 unspecified atom stereocenters. The number of carboxylic acids is 1. The first kappa shape index (κ1) is 25.9. The van der Waals surface area contributed by atoms with Gasteiger partial charge in [0.2, 0.25) is 5.91 Å². The molecule has 1 aromatic heterocycles. The minimum Gasteiger partial charge on any atom is -0.480 e. The number of nitrogens with zero attached hydrogens (tertiary/aromatic N) is 2. The van der Waals surface area contributed by atoms with Gasteiger partial charge in [0.15, 0.2) is 5.82 Å². The molecule has 0 radical (unpaired) electrons. The van der Waals surface area contributed by atoms with E-state index in [2.05, 4.69) is 40.5 Å². The van der Waals surface area contributed by atoms with Gasteiger partial charge in [-0.3, -0.25) is 9.89 Å². The number of carbonyl (C=O) groups excluding carboxylic acids is 2. The average molecular weight is 512 g/mol. The molecule has 1 aromatic carbocycles. The summed E-state index contributed by atoms with van der Waals surface area (Å²) in [5.74, 6) is -0.585. The summed E-state index contributed by atoms with van der Waals surface area (Å²) >= 11 is 0. The van der Waals surface area contributed by atoms with E-state index in [9.17, 15) is 19.5 Å². The van der Waals surface area contributed by atoms with Gasteiger partial charge in [0.25, 0.3) is 0 Å². The van der Waals surface area contributed by atoms with Crippen LogP contribution < -0.4 is 10.6 Å². The molecule has 194 valence electrons. The molecular weight excluding hydrogens is 474 g/mol. The Hall–Kier alpha value is -3.14. The first-order chi connectivity index (χ1) is 16.9. The minimum atomic E-state index is -1.75. The van der Waals surface area contributed by atoms with E-state index in [1.807, 2.05) is 44.2 Å². The molecule has 10 heteroatoms. The zero-order valence-corrected chi connectivity index (χ0v) is 22.8. The Labute approximate surface area is 213 Å². The van der Waals surface area contributed by atoms with Gasteiger partial charge in [-0.1, -0.05) is 56.4 Å². The monoisotopic (exact) mass is 511 g/mol. The Morgan fingerprint density at radius 3 is 2.39 bits per heavy atom. The number of aliphatic carboxylic acids is 1. The van der Waals surface area contributed by atoms with Gasteiger partial charge in [0.05, 0.1) is 25.9 Å². The van der Waals surface area contributed by atoms with Crippen molar-refractivity contribution in [2.75, 3.05) is 5.32 Å². The molecule has 2 heterocycles. The Balaban J connectivity index is 1.46. The molecule has 4 N–H and O–H groups in total. The van der Waals surface area contributed by atoms with E-state index >= 15 is 0 Å². The number of hydrogen-bond acceptors (Lipinski definition) is 4. The van der Waals surface area contributed by atoms with Gasteiger partial charge in [0, 0.05) is 10.6 Å². The first-order valence-corrected chi connectivity index (χ1v) is 16.1. The van der Waals surface area contributed by atoms with Crippen molar-refractivity contribution in [1.29, 1.82) is 0 Å². The zero-order chi connectivity index (χ0) is 26.3. The lowest BCUT2D eigenvalue weighted by Gasteiger charge is -2.48. The van der Waals surface area contributed by atoms with Crippen molar-refractivity contribution in [2.24, 2.45) is 0 Å². The second kappa shape index (κ2) is 9.38. The van der Waals surface area contributed by atoms with Gasteiger partial charge in [-0.2, -0.15) is 5.10 Å². The predicted molar refractivity (Wildman–Crippen MR) is 140 cm³/mol. The van der Waals surface area contributed by atoms with Gasteiger partial charge in [-0.15, -0.1) is 0 Å². The molecule has 2 aliphatic rings. The van der Waals surface area contributed by atoms with Gasteiger partial charge < -0.3 is 20.6 Å². The van der Waals surface area contributed by atoms with Crippen LogP contribution in [0.2, 0.25) is 24.7 Å². The number of carboxylic acid groups (broad SMARTS) is 1. The molecular formula is C26H37N5O4Si. The van der Waals surface area contributed by atoms with Crippen LogP contribution in [-0.4, -0.2) is 52.2 Å². The summed E-state index contributed by atoms with van der Waals surface area (Å²) in [6.07, 6.45) is 3.69. The van der Waals surface area contributed by atoms with Crippen LogP contribution in [0.25, 0.3) is 0 Å². The van der Waals surface area contributed by atoms with Crippen LogP contribution in [-0.2, 0) is 28.1 Å². The van der Waals surface area contributed by atoms with Gasteiger partial charge in [-0.25, -0.2) is 9.59 Å². The van der Waals surface area contributed by atoms with Crippen molar-refractivity contribution < 1.29 is 19.5 Å². The fraction of sp³-hybridized carbons (Fsp3) is 0.538. The summed E-state index contributed by atoms with van der Waals surface area (Å²) < 4.78 is 0. The third-order valence-electron chi connectivity index (χ3n) is 8.18. The lowest BCUT2D eigenvalue weighted by Crippen LogP contribution is -2.52. The highest BCUT2D eigenvalue weighted by Gasteiger charge is 2.54. The molecule has 1 atom stereocenters. The van der Waals surface area contributed by atoms with Gasteiger partial charge in [-0.05, 0) is 45.1 Å². The molecule has 1 aliphatic carbocycles. The fourth-order valence-electron chi connectivity index (χ4n) is 5.46. The number of rotatable bonds is 8. The van der Waals surface area contributed by atoms with Crippen LogP contribution in [0, 0.1) is 0 Å². The number of anilines is 1. The second-order valence-corrected chi connectivity index (χ2v) is 17.0. The number of aromatic amines is 1. The lowest BCUT2D eigenvalue weighted by atomic mass is 9.83. The number of H-pyrrole nitrogens is 1. The summed E-state index contributed by atoms with van der Waals surface area (Å²) in [6.45, 7) is 10.7. The van der Waals surface area contributed by atoms with Crippen molar-refractivity contribution in [2.45, 2.75) is 88.8 Å². The maximum atomic E-state index is 13.4. The number of aromatic nitrogens is 2. The third kappa shape index (κ3) is 4.54. The normalized spacial score (nSPS) is 18.6. The van der Waals surface area contributed by atoms with E-state index in [1.165, 1.54) is 0 Å². The summed E-state index contributed by atoms with van der Waals surface area (Å²) in [4.78, 5) is 40.1. The maximum Gasteiger partial charge on any atom is 0.326 e. The van der Waals surface area contributed by atoms with Gasteiger partial charge in [0.1, 0.15) is 6.04 Å². The molecule has 0 bridgehead atoms. The van der Waals surface area contributed by atoms with Crippen LogP contribution in [0.3, 0.4) is 0 Å². The number of aryl methyl sites for hydroxylation is 1. The van der Waals surface area contributed by atoms with E-state index in [0.717, 1.165) is 36.1 Å². The summed E-state index contributed by atoms with van der Waals surface area (Å²) in [5.41, 5.74) is 1.79. The molecule has 1 aliphatic heterocycles. The SMILES string of the molecule is CC1(C)c2[nH]nc(NC(=O)C3([Si](C)(C)C)CCC3)c2CN1C(=O)NC(CCc1ccccc1)C(=O)O. The molecule has 1 saturated carbocycles. The number of carbonyl (C=O) groups is 3. The Kier molecular flexibility index (Phi) is 6.76. The zero-order valence-electron chi connectivity index (χ0n) is 21.8. The van der Waals surface area contributed by atoms with Crippen LogP contribution >= 0.6 is 0 Å². The largest absolute Gasteiger partial charge is 0.480 e. The third-order valence-corrected chi connectivity index (χ3v) is 11.8.